The van der Waals surface area contributed by atoms with E-state index in [2.05, 4.69) is 5.32 Å². The van der Waals surface area contributed by atoms with E-state index in [1.54, 1.807) is 19.1 Å². The van der Waals surface area contributed by atoms with Crippen LogP contribution in [0.1, 0.15) is 44.3 Å². The van der Waals surface area contributed by atoms with E-state index < -0.39 is 23.3 Å². The van der Waals surface area contributed by atoms with Crippen LogP contribution in [0.25, 0.3) is 0 Å². The summed E-state index contributed by atoms with van der Waals surface area (Å²) in [6.07, 6.45) is -4.62. The van der Waals surface area contributed by atoms with Crippen LogP contribution in [0.5, 0.6) is 0 Å². The standard InChI is InChI=1S/C17H12F3NO2/c1-2-21-14-12(17(18,19)20)8-7-11-13(14)16(23)10-6-4-3-5-9(10)15(11)22/h3-8,21H,2H2,1H3. The second kappa shape index (κ2) is 5.22. The highest BCUT2D eigenvalue weighted by atomic mass is 19.4. The molecule has 2 aromatic rings. The zero-order valence-corrected chi connectivity index (χ0v) is 12.1. The summed E-state index contributed by atoms with van der Waals surface area (Å²) in [6, 6.07) is 8.07. The van der Waals surface area contributed by atoms with Crippen molar-refractivity contribution < 1.29 is 22.8 Å². The van der Waals surface area contributed by atoms with Crippen LogP contribution in [0.2, 0.25) is 0 Å². The van der Waals surface area contributed by atoms with Crippen molar-refractivity contribution in [2.24, 2.45) is 0 Å². The van der Waals surface area contributed by atoms with Gasteiger partial charge in [-0.2, -0.15) is 13.2 Å². The number of alkyl halides is 3. The number of nitrogens with one attached hydrogen (secondary N) is 1. The predicted molar refractivity (Wildman–Crippen MR) is 78.9 cm³/mol. The smallest absolute Gasteiger partial charge is 0.384 e. The molecular formula is C17H12F3NO2. The maximum absolute atomic E-state index is 13.2. The highest BCUT2D eigenvalue weighted by molar-refractivity contribution is 6.30. The minimum atomic E-state index is -4.62. The molecule has 0 heterocycles. The normalized spacial score (nSPS) is 13.6. The second-order valence-electron chi connectivity index (χ2n) is 5.14. The van der Waals surface area contributed by atoms with Gasteiger partial charge in [-0.05, 0) is 19.1 Å². The third-order valence-corrected chi connectivity index (χ3v) is 3.75. The first-order valence-corrected chi connectivity index (χ1v) is 7.02. The number of anilines is 1. The van der Waals surface area contributed by atoms with Crippen molar-refractivity contribution in [3.05, 3.63) is 64.2 Å². The van der Waals surface area contributed by atoms with Gasteiger partial charge in [0.2, 0.25) is 0 Å². The van der Waals surface area contributed by atoms with E-state index in [1.165, 1.54) is 12.1 Å². The molecule has 0 bridgehead atoms. The molecule has 118 valence electrons. The van der Waals surface area contributed by atoms with E-state index >= 15 is 0 Å². The number of carbonyl (C=O) groups excluding carboxylic acids is 2. The van der Waals surface area contributed by atoms with E-state index in [1.807, 2.05) is 0 Å². The number of hydrogen-bond acceptors (Lipinski definition) is 3. The molecule has 1 aliphatic rings. The van der Waals surface area contributed by atoms with Gasteiger partial charge in [0.25, 0.3) is 0 Å². The van der Waals surface area contributed by atoms with Crippen molar-refractivity contribution >= 4 is 17.3 Å². The van der Waals surface area contributed by atoms with Gasteiger partial charge in [-0.3, -0.25) is 9.59 Å². The molecule has 0 spiro atoms. The Morgan fingerprint density at radius 3 is 2.09 bits per heavy atom. The molecule has 0 atom stereocenters. The van der Waals surface area contributed by atoms with Crippen LogP contribution in [-0.4, -0.2) is 18.1 Å². The van der Waals surface area contributed by atoms with E-state index in [-0.39, 0.29) is 34.5 Å². The molecule has 6 heteroatoms. The molecule has 0 unspecified atom stereocenters. The largest absolute Gasteiger partial charge is 0.418 e. The first kappa shape index (κ1) is 15.3. The second-order valence-corrected chi connectivity index (χ2v) is 5.14. The van der Waals surface area contributed by atoms with Crippen molar-refractivity contribution in [1.82, 2.24) is 0 Å². The van der Waals surface area contributed by atoms with Gasteiger partial charge < -0.3 is 5.32 Å². The molecule has 3 nitrogen and oxygen atoms in total. The lowest BCUT2D eigenvalue weighted by atomic mass is 9.82. The molecule has 3 rings (SSSR count). The molecular weight excluding hydrogens is 307 g/mol. The van der Waals surface area contributed by atoms with E-state index in [0.717, 1.165) is 12.1 Å². The fourth-order valence-electron chi connectivity index (χ4n) is 2.78. The summed E-state index contributed by atoms with van der Waals surface area (Å²) in [5.74, 6) is -1.01. The van der Waals surface area contributed by atoms with Gasteiger partial charge in [0, 0.05) is 23.2 Å². The quantitative estimate of drug-likeness (QED) is 0.779. The monoisotopic (exact) mass is 319 g/mol. The van der Waals surface area contributed by atoms with E-state index in [0.29, 0.717) is 0 Å². The van der Waals surface area contributed by atoms with E-state index in [4.69, 9.17) is 0 Å². The Labute approximate surface area is 130 Å². The molecule has 0 aromatic heterocycles. The zero-order valence-electron chi connectivity index (χ0n) is 12.1. The summed E-state index contributed by atoms with van der Waals surface area (Å²) in [4.78, 5) is 25.2. The summed E-state index contributed by atoms with van der Waals surface area (Å²) in [6.45, 7) is 1.82. The average Bonchev–Trinajstić information content (AvgIpc) is 2.51. The Hall–Kier alpha value is -2.63. The number of rotatable bonds is 2. The van der Waals surface area contributed by atoms with Gasteiger partial charge in [-0.15, -0.1) is 0 Å². The van der Waals surface area contributed by atoms with E-state index in [9.17, 15) is 22.8 Å². The Morgan fingerprint density at radius 2 is 1.52 bits per heavy atom. The molecule has 0 fully saturated rings. The molecule has 1 N–H and O–H groups in total. The Kier molecular flexibility index (Phi) is 3.47. The summed E-state index contributed by atoms with van der Waals surface area (Å²) >= 11 is 0. The van der Waals surface area contributed by atoms with Gasteiger partial charge in [0.05, 0.1) is 16.8 Å². The van der Waals surface area contributed by atoms with Crippen molar-refractivity contribution in [2.75, 3.05) is 11.9 Å². The molecule has 0 aliphatic heterocycles. The van der Waals surface area contributed by atoms with Crippen molar-refractivity contribution in [3.8, 4) is 0 Å². The molecule has 0 radical (unpaired) electrons. The fraction of sp³-hybridized carbons (Fsp3) is 0.176. The Balaban J connectivity index is 2.32. The third-order valence-electron chi connectivity index (χ3n) is 3.75. The third kappa shape index (κ3) is 2.30. The first-order valence-electron chi connectivity index (χ1n) is 7.02. The number of carbonyl (C=O) groups is 2. The predicted octanol–water partition coefficient (Wildman–Crippen LogP) is 3.91. The average molecular weight is 319 g/mol. The lowest BCUT2D eigenvalue weighted by Crippen LogP contribution is -2.24. The summed E-state index contributed by atoms with van der Waals surface area (Å²) in [5.41, 5.74) is -1.14. The summed E-state index contributed by atoms with van der Waals surface area (Å²) in [7, 11) is 0. The Morgan fingerprint density at radius 1 is 0.913 bits per heavy atom. The van der Waals surface area contributed by atoms with Crippen LogP contribution in [-0.2, 0) is 6.18 Å². The maximum atomic E-state index is 13.2. The topological polar surface area (TPSA) is 46.2 Å². The van der Waals surface area contributed by atoms with Crippen LogP contribution in [0.4, 0.5) is 18.9 Å². The highest BCUT2D eigenvalue weighted by Gasteiger charge is 2.39. The molecule has 2 aromatic carbocycles. The number of halogens is 3. The highest BCUT2D eigenvalue weighted by Crippen LogP contribution is 2.41. The number of fused-ring (bicyclic) bond motifs is 2. The lowest BCUT2D eigenvalue weighted by molar-refractivity contribution is -0.137. The van der Waals surface area contributed by atoms with Gasteiger partial charge >= 0.3 is 6.18 Å². The molecule has 0 amide bonds. The molecule has 1 aliphatic carbocycles. The molecule has 0 saturated carbocycles. The molecule has 0 saturated heterocycles. The van der Waals surface area contributed by atoms with Crippen molar-refractivity contribution in [1.29, 1.82) is 0 Å². The summed E-state index contributed by atoms with van der Waals surface area (Å²) in [5, 5.41) is 2.60. The van der Waals surface area contributed by atoms with Gasteiger partial charge in [-0.1, -0.05) is 24.3 Å². The van der Waals surface area contributed by atoms with Crippen LogP contribution in [0.3, 0.4) is 0 Å². The van der Waals surface area contributed by atoms with Crippen LogP contribution >= 0.6 is 0 Å². The first-order chi connectivity index (χ1) is 10.9. The maximum Gasteiger partial charge on any atom is 0.418 e. The minimum absolute atomic E-state index is 0.00218. The number of hydrogen-bond donors (Lipinski definition) is 1. The van der Waals surface area contributed by atoms with Gasteiger partial charge in [-0.25, -0.2) is 0 Å². The summed E-state index contributed by atoms with van der Waals surface area (Å²) < 4.78 is 39.7. The van der Waals surface area contributed by atoms with Crippen molar-refractivity contribution in [3.63, 3.8) is 0 Å². The van der Waals surface area contributed by atoms with Gasteiger partial charge in [0.1, 0.15) is 0 Å². The fourth-order valence-corrected chi connectivity index (χ4v) is 2.78. The van der Waals surface area contributed by atoms with Crippen LogP contribution < -0.4 is 5.32 Å². The SMILES string of the molecule is CCNc1c(C(F)(F)F)ccc2c1C(=O)c1ccccc1C2=O. The lowest BCUT2D eigenvalue weighted by Gasteiger charge is -2.23. The van der Waals surface area contributed by atoms with Crippen LogP contribution in [0.15, 0.2) is 36.4 Å². The minimum Gasteiger partial charge on any atom is -0.384 e. The number of benzene rings is 2. The molecule has 23 heavy (non-hydrogen) atoms. The number of ketones is 2. The Bertz CT molecular complexity index is 825. The zero-order chi connectivity index (χ0) is 16.8. The van der Waals surface area contributed by atoms with Gasteiger partial charge in [0.15, 0.2) is 11.6 Å². The van der Waals surface area contributed by atoms with Crippen molar-refractivity contribution in [2.45, 2.75) is 13.1 Å². The van der Waals surface area contributed by atoms with Crippen LogP contribution in [0, 0.1) is 0 Å².